The molecule has 0 aliphatic carbocycles. The number of hydrogen-bond donors (Lipinski definition) is 2. The third-order valence-corrected chi connectivity index (χ3v) is 8.69. The highest BCUT2D eigenvalue weighted by atomic mass is 35.5. The van der Waals surface area contributed by atoms with Crippen LogP contribution in [0.3, 0.4) is 0 Å². The number of anilines is 3. The third-order valence-electron chi connectivity index (χ3n) is 5.91. The molecule has 3 aromatic rings. The minimum Gasteiger partial charge on any atom is -0.373 e. The van der Waals surface area contributed by atoms with Crippen LogP contribution in [0.25, 0.3) is 0 Å². The molecule has 1 aliphatic heterocycles. The van der Waals surface area contributed by atoms with Crippen LogP contribution < -0.4 is 9.62 Å². The maximum atomic E-state index is 13.3. The van der Waals surface area contributed by atoms with Crippen molar-refractivity contribution in [2.24, 2.45) is 0 Å². The number of halogens is 1. The summed E-state index contributed by atoms with van der Waals surface area (Å²) in [5.41, 5.74) is 1.01. The molecule has 0 bridgehead atoms. The average molecular weight is 583 g/mol. The van der Waals surface area contributed by atoms with Crippen LogP contribution in [0.1, 0.15) is 35.7 Å². The SMILES string of the molecule is Cc1noc(C)c1N(c1ccc(Cl)cc1C(=O)Nc1ccc(S(=O)(=O)N2CC(C)OC(C)C2)cc1)S(=O)O. The van der Waals surface area contributed by atoms with Gasteiger partial charge in [0.15, 0.2) is 5.76 Å². The average Bonchev–Trinajstić information content (AvgIpc) is 3.17. The van der Waals surface area contributed by atoms with Gasteiger partial charge in [0.1, 0.15) is 11.4 Å². The Morgan fingerprint density at radius 3 is 2.34 bits per heavy atom. The molecule has 0 spiro atoms. The van der Waals surface area contributed by atoms with Crippen LogP contribution in [-0.4, -0.2) is 57.8 Å². The van der Waals surface area contributed by atoms with Crippen molar-refractivity contribution in [1.82, 2.24) is 9.46 Å². The second-order valence-corrected chi connectivity index (χ2v) is 12.1. The number of carbonyl (C=O) groups is 1. The highest BCUT2D eigenvalue weighted by molar-refractivity contribution is 7.89. The highest BCUT2D eigenvalue weighted by Crippen LogP contribution is 2.36. The Bertz CT molecular complexity index is 1450. The van der Waals surface area contributed by atoms with Crippen LogP contribution in [0.2, 0.25) is 5.02 Å². The van der Waals surface area contributed by atoms with Gasteiger partial charge in [-0.05, 0) is 70.2 Å². The second kappa shape index (κ2) is 11.1. The number of ether oxygens (including phenoxy) is 1. The number of carbonyl (C=O) groups excluding carboxylic acids is 1. The Hall–Kier alpha value is -2.81. The summed E-state index contributed by atoms with van der Waals surface area (Å²) in [6, 6.07) is 10.1. The molecule has 11 nitrogen and oxygen atoms in total. The first-order valence-electron chi connectivity index (χ1n) is 11.6. The predicted octanol–water partition coefficient (Wildman–Crippen LogP) is 4.27. The Kier molecular flexibility index (Phi) is 8.26. The van der Waals surface area contributed by atoms with Crippen molar-refractivity contribution in [2.75, 3.05) is 22.7 Å². The summed E-state index contributed by atoms with van der Waals surface area (Å²) < 4.78 is 61.9. The summed E-state index contributed by atoms with van der Waals surface area (Å²) in [6.07, 6.45) is -0.450. The first-order chi connectivity index (χ1) is 17.9. The highest BCUT2D eigenvalue weighted by Gasteiger charge is 2.32. The van der Waals surface area contributed by atoms with Gasteiger partial charge in [-0.15, -0.1) is 0 Å². The van der Waals surface area contributed by atoms with Crippen molar-refractivity contribution in [1.29, 1.82) is 0 Å². The number of amides is 1. The van der Waals surface area contributed by atoms with E-state index in [0.29, 0.717) is 11.4 Å². The number of sulfonamides is 1. The molecule has 2 N–H and O–H groups in total. The fraction of sp³-hybridized carbons (Fsp3) is 0.333. The number of benzene rings is 2. The molecule has 14 heteroatoms. The molecule has 2 aromatic carbocycles. The van der Waals surface area contributed by atoms with Crippen LogP contribution in [0.4, 0.5) is 17.1 Å². The largest absolute Gasteiger partial charge is 0.373 e. The Morgan fingerprint density at radius 1 is 1.16 bits per heavy atom. The summed E-state index contributed by atoms with van der Waals surface area (Å²) >= 11 is 3.58. The van der Waals surface area contributed by atoms with E-state index < -0.39 is 27.2 Å². The quantitative estimate of drug-likeness (QED) is 0.393. The van der Waals surface area contributed by atoms with Crippen molar-refractivity contribution < 1.29 is 31.2 Å². The number of morpholine rings is 1. The van der Waals surface area contributed by atoms with Gasteiger partial charge < -0.3 is 14.6 Å². The lowest BCUT2D eigenvalue weighted by Crippen LogP contribution is -2.48. The zero-order valence-electron chi connectivity index (χ0n) is 21.0. The van der Waals surface area contributed by atoms with Gasteiger partial charge in [0.2, 0.25) is 10.0 Å². The number of hydrogen-bond acceptors (Lipinski definition) is 7. The topological polar surface area (TPSA) is 142 Å². The molecule has 1 amide bonds. The molecule has 0 saturated carbocycles. The molecule has 3 atom stereocenters. The van der Waals surface area contributed by atoms with Gasteiger partial charge in [-0.1, -0.05) is 16.8 Å². The van der Waals surface area contributed by atoms with Crippen LogP contribution in [-0.2, 0) is 26.0 Å². The fourth-order valence-electron chi connectivity index (χ4n) is 4.30. The van der Waals surface area contributed by atoms with Crippen molar-refractivity contribution in [3.8, 4) is 0 Å². The summed E-state index contributed by atoms with van der Waals surface area (Å²) in [5, 5.41) is 6.75. The van der Waals surface area contributed by atoms with Gasteiger partial charge in [-0.3, -0.25) is 9.35 Å². The van der Waals surface area contributed by atoms with Gasteiger partial charge in [0, 0.05) is 23.8 Å². The van der Waals surface area contributed by atoms with Gasteiger partial charge >= 0.3 is 0 Å². The number of nitrogens with one attached hydrogen (secondary N) is 1. The third kappa shape index (κ3) is 5.77. The minimum atomic E-state index is -3.75. The minimum absolute atomic E-state index is 0.00731. The molecule has 1 aliphatic rings. The zero-order valence-corrected chi connectivity index (χ0v) is 23.4. The lowest BCUT2D eigenvalue weighted by molar-refractivity contribution is -0.0440. The van der Waals surface area contributed by atoms with Gasteiger partial charge in [-0.2, -0.15) is 4.31 Å². The monoisotopic (exact) mass is 582 g/mol. The number of nitrogens with zero attached hydrogens (tertiary/aromatic N) is 3. The molecule has 38 heavy (non-hydrogen) atoms. The smallest absolute Gasteiger partial charge is 0.266 e. The molecule has 2 heterocycles. The Labute approximate surface area is 228 Å². The van der Waals surface area contributed by atoms with E-state index in [9.17, 15) is 22.0 Å². The second-order valence-electron chi connectivity index (χ2n) is 8.92. The predicted molar refractivity (Wildman–Crippen MR) is 144 cm³/mol. The first-order valence-corrected chi connectivity index (χ1v) is 14.5. The molecule has 1 saturated heterocycles. The molecular formula is C24H27ClN4O7S2. The van der Waals surface area contributed by atoms with E-state index in [1.54, 1.807) is 13.8 Å². The lowest BCUT2D eigenvalue weighted by atomic mass is 10.1. The van der Waals surface area contributed by atoms with E-state index in [1.165, 1.54) is 46.8 Å². The molecule has 0 radical (unpaired) electrons. The molecular weight excluding hydrogens is 556 g/mol. The lowest BCUT2D eigenvalue weighted by Gasteiger charge is -2.34. The van der Waals surface area contributed by atoms with Crippen LogP contribution in [0.15, 0.2) is 51.9 Å². The summed E-state index contributed by atoms with van der Waals surface area (Å²) in [6.45, 7) is 7.32. The maximum absolute atomic E-state index is 13.3. The normalized spacial score (nSPS) is 19.2. The molecule has 1 aromatic heterocycles. The van der Waals surface area contributed by atoms with Crippen molar-refractivity contribution in [3.05, 3.63) is 64.5 Å². The van der Waals surface area contributed by atoms with Crippen LogP contribution in [0.5, 0.6) is 0 Å². The number of aryl methyl sites for hydroxylation is 2. The first kappa shape index (κ1) is 28.2. The van der Waals surface area contributed by atoms with E-state index in [4.69, 9.17) is 20.9 Å². The maximum Gasteiger partial charge on any atom is 0.266 e. The van der Waals surface area contributed by atoms with Crippen molar-refractivity contribution >= 4 is 55.9 Å². The number of rotatable bonds is 7. The number of aromatic nitrogens is 1. The Balaban J connectivity index is 1.61. The van der Waals surface area contributed by atoms with Crippen molar-refractivity contribution in [3.63, 3.8) is 0 Å². The van der Waals surface area contributed by atoms with E-state index in [2.05, 4.69) is 10.5 Å². The van der Waals surface area contributed by atoms with Crippen LogP contribution in [0, 0.1) is 13.8 Å². The van der Waals surface area contributed by atoms with E-state index in [-0.39, 0.29) is 57.9 Å². The van der Waals surface area contributed by atoms with Crippen LogP contribution >= 0.6 is 11.6 Å². The molecule has 3 unspecified atom stereocenters. The fourth-order valence-corrected chi connectivity index (χ4v) is 6.81. The summed E-state index contributed by atoms with van der Waals surface area (Å²) in [4.78, 5) is 13.4. The van der Waals surface area contributed by atoms with Gasteiger partial charge in [-0.25, -0.2) is 16.9 Å². The van der Waals surface area contributed by atoms with E-state index >= 15 is 0 Å². The van der Waals surface area contributed by atoms with Crippen molar-refractivity contribution in [2.45, 2.75) is 44.8 Å². The molecule has 4 rings (SSSR count). The summed E-state index contributed by atoms with van der Waals surface area (Å²) in [5.74, 6) is -0.344. The van der Waals surface area contributed by atoms with E-state index in [1.807, 2.05) is 13.8 Å². The van der Waals surface area contributed by atoms with Gasteiger partial charge in [0.25, 0.3) is 17.2 Å². The van der Waals surface area contributed by atoms with Gasteiger partial charge in [0.05, 0.1) is 28.4 Å². The molecule has 1 fully saturated rings. The Morgan fingerprint density at radius 2 is 1.79 bits per heavy atom. The van der Waals surface area contributed by atoms with E-state index in [0.717, 1.165) is 4.31 Å². The summed E-state index contributed by atoms with van der Waals surface area (Å²) in [7, 11) is -3.75. The standard InChI is InChI=1S/C24H27ClN4O7S2/c1-14-12-28(13-15(2)35-14)38(33,34)20-8-6-19(7-9-20)26-24(30)21-11-18(25)5-10-22(21)29(37(31)32)23-16(3)27-36-17(23)4/h5-11,14-15H,12-13H2,1-4H3,(H,26,30)(H,31,32). The zero-order chi connectivity index (χ0) is 27.8. The molecule has 204 valence electrons.